The summed E-state index contributed by atoms with van der Waals surface area (Å²) in [6.45, 7) is 7.36. The molecule has 3 aromatic rings. The van der Waals surface area contributed by atoms with Crippen molar-refractivity contribution in [2.75, 3.05) is 44.2 Å². The lowest BCUT2D eigenvalue weighted by Crippen LogP contribution is -2.46. The fraction of sp³-hybridized carbons (Fsp3) is 0.478. The lowest BCUT2D eigenvalue weighted by Gasteiger charge is -2.33. The van der Waals surface area contributed by atoms with Crippen molar-refractivity contribution >= 4 is 71.2 Å². The molecule has 1 aliphatic heterocycles. The van der Waals surface area contributed by atoms with Gasteiger partial charge in [0.15, 0.2) is 5.13 Å². The van der Waals surface area contributed by atoms with Crippen molar-refractivity contribution in [3.05, 3.63) is 44.8 Å². The molecule has 1 aliphatic rings. The van der Waals surface area contributed by atoms with Crippen LogP contribution < -0.4 is 4.90 Å². The monoisotopic (exact) mass is 585 g/mol. The number of nitrogens with zero attached hydrogens (tertiary/aromatic N) is 5. The Hall–Kier alpha value is -2.16. The summed E-state index contributed by atoms with van der Waals surface area (Å²) < 4.78 is 28.6. The molecule has 0 N–H and O–H groups in total. The van der Waals surface area contributed by atoms with Crippen LogP contribution in [-0.2, 0) is 14.8 Å². The zero-order chi connectivity index (χ0) is 26.7. The minimum Gasteiger partial charge on any atom is -0.302 e. The number of halogens is 1. The van der Waals surface area contributed by atoms with Crippen molar-refractivity contribution in [1.29, 1.82) is 0 Å². The summed E-state index contributed by atoms with van der Waals surface area (Å²) in [5, 5.41) is 11.7. The van der Waals surface area contributed by atoms with Gasteiger partial charge in [-0.15, -0.1) is 11.3 Å². The second-order valence-corrected chi connectivity index (χ2v) is 13.5. The van der Waals surface area contributed by atoms with Gasteiger partial charge in [-0.25, -0.2) is 13.4 Å². The van der Waals surface area contributed by atoms with Crippen LogP contribution in [0.2, 0.25) is 4.34 Å². The normalized spacial score (nSPS) is 15.5. The van der Waals surface area contributed by atoms with Gasteiger partial charge in [0.1, 0.15) is 4.21 Å². The van der Waals surface area contributed by atoms with E-state index in [1.54, 1.807) is 17.0 Å². The molecule has 4 rings (SSSR count). The highest BCUT2D eigenvalue weighted by molar-refractivity contribution is 7.91. The smallest absolute Gasteiger partial charge is 0.270 e. The quantitative estimate of drug-likeness (QED) is 0.250. The van der Waals surface area contributed by atoms with Crippen LogP contribution in [0, 0.1) is 16.0 Å². The summed E-state index contributed by atoms with van der Waals surface area (Å²) in [6.07, 6.45) is 0.796. The maximum absolute atomic E-state index is 13.8. The Labute approximate surface area is 228 Å². The molecule has 1 amide bonds. The summed E-state index contributed by atoms with van der Waals surface area (Å²) in [5.41, 5.74) is 0.575. The number of sulfonamides is 1. The molecule has 37 heavy (non-hydrogen) atoms. The van der Waals surface area contributed by atoms with E-state index in [1.165, 1.54) is 33.8 Å². The van der Waals surface area contributed by atoms with Gasteiger partial charge in [-0.3, -0.25) is 19.8 Å². The number of aromatic nitrogens is 1. The fourth-order valence-electron chi connectivity index (χ4n) is 4.34. The fourth-order valence-corrected chi connectivity index (χ4v) is 8.48. The highest BCUT2D eigenvalue weighted by Crippen LogP contribution is 2.34. The number of likely N-dealkylation sites (N-methyl/N-ethyl adjacent to an activating group) is 1. The van der Waals surface area contributed by atoms with Crippen LogP contribution in [0.4, 0.5) is 10.8 Å². The number of hydrogen-bond donors (Lipinski definition) is 0. The zero-order valence-corrected chi connectivity index (χ0v) is 23.7. The number of carbonyl (C=O) groups is 1. The third kappa shape index (κ3) is 6.13. The first-order chi connectivity index (χ1) is 17.6. The third-order valence-corrected chi connectivity index (χ3v) is 11.2. The zero-order valence-electron chi connectivity index (χ0n) is 20.5. The van der Waals surface area contributed by atoms with Crippen molar-refractivity contribution in [3.8, 4) is 0 Å². The van der Waals surface area contributed by atoms with Crippen molar-refractivity contribution < 1.29 is 18.1 Å². The van der Waals surface area contributed by atoms with Gasteiger partial charge < -0.3 is 4.90 Å². The van der Waals surface area contributed by atoms with E-state index in [-0.39, 0.29) is 34.8 Å². The number of carbonyl (C=O) groups excluding carboxylic acids is 1. The number of nitro groups is 1. The van der Waals surface area contributed by atoms with Gasteiger partial charge in [0.05, 0.1) is 19.5 Å². The van der Waals surface area contributed by atoms with E-state index >= 15 is 0 Å². The molecule has 1 fully saturated rings. The number of nitro benzene ring substituents is 1. The number of rotatable bonds is 10. The van der Waals surface area contributed by atoms with E-state index < -0.39 is 14.9 Å². The van der Waals surface area contributed by atoms with E-state index in [4.69, 9.17) is 11.6 Å². The Morgan fingerprint density at radius 2 is 1.86 bits per heavy atom. The molecule has 0 radical (unpaired) electrons. The molecular formula is C23H28ClN5O5S3. The largest absolute Gasteiger partial charge is 0.302 e. The van der Waals surface area contributed by atoms with E-state index in [0.29, 0.717) is 45.6 Å². The molecule has 0 atom stereocenters. The molecule has 200 valence electrons. The van der Waals surface area contributed by atoms with E-state index in [9.17, 15) is 23.3 Å². The first-order valence-electron chi connectivity index (χ1n) is 12.0. The number of thiazole rings is 1. The average Bonchev–Trinajstić information content (AvgIpc) is 3.52. The Morgan fingerprint density at radius 3 is 2.46 bits per heavy atom. The van der Waals surface area contributed by atoms with E-state index in [0.717, 1.165) is 24.4 Å². The molecule has 1 aromatic carbocycles. The summed E-state index contributed by atoms with van der Waals surface area (Å²) in [6, 6.07) is 7.55. The standard InChI is InChI=1S/C23H28ClN5O5S3/c1-3-26(4-2)13-14-28(23-25-18-6-5-17(29(31)32)15-19(18)35-23)22(30)16-9-11-27(12-10-16)37(33,34)21-8-7-20(24)36-21/h5-8,15-16H,3-4,9-14H2,1-2H3. The van der Waals surface area contributed by atoms with Gasteiger partial charge in [-0.2, -0.15) is 4.31 Å². The lowest BCUT2D eigenvalue weighted by atomic mass is 9.96. The Balaban J connectivity index is 1.54. The minimum absolute atomic E-state index is 0.0238. The SMILES string of the molecule is CCN(CC)CCN(C(=O)C1CCN(S(=O)(=O)c2ccc(Cl)s2)CC1)c1nc2ccc([N+](=O)[O-])cc2s1. The van der Waals surface area contributed by atoms with Crippen LogP contribution in [0.15, 0.2) is 34.5 Å². The number of amides is 1. The molecule has 14 heteroatoms. The Bertz CT molecular complexity index is 1380. The topological polar surface area (TPSA) is 117 Å². The third-order valence-electron chi connectivity index (χ3n) is 6.55. The summed E-state index contributed by atoms with van der Waals surface area (Å²) in [4.78, 5) is 33.0. The average molecular weight is 586 g/mol. The maximum Gasteiger partial charge on any atom is 0.270 e. The van der Waals surface area contributed by atoms with Crippen molar-refractivity contribution in [3.63, 3.8) is 0 Å². The predicted octanol–water partition coefficient (Wildman–Crippen LogP) is 4.70. The van der Waals surface area contributed by atoms with Crippen LogP contribution >= 0.6 is 34.3 Å². The summed E-state index contributed by atoms with van der Waals surface area (Å²) >= 11 is 8.21. The molecule has 1 saturated heterocycles. The van der Waals surface area contributed by atoms with Crippen LogP contribution in [0.5, 0.6) is 0 Å². The Kier molecular flexibility index (Phi) is 8.81. The van der Waals surface area contributed by atoms with Crippen LogP contribution in [0.3, 0.4) is 0 Å². The number of thiophene rings is 1. The number of fused-ring (bicyclic) bond motifs is 1. The lowest BCUT2D eigenvalue weighted by molar-refractivity contribution is -0.384. The highest BCUT2D eigenvalue weighted by atomic mass is 35.5. The van der Waals surface area contributed by atoms with Gasteiger partial charge in [-0.1, -0.05) is 36.8 Å². The first-order valence-corrected chi connectivity index (χ1v) is 15.4. The molecule has 0 bridgehead atoms. The van der Waals surface area contributed by atoms with Gasteiger partial charge in [0.2, 0.25) is 5.91 Å². The second-order valence-electron chi connectivity index (χ2n) is 8.66. The predicted molar refractivity (Wildman–Crippen MR) is 147 cm³/mol. The number of piperidine rings is 1. The highest BCUT2D eigenvalue weighted by Gasteiger charge is 2.35. The number of hydrogen-bond acceptors (Lipinski definition) is 9. The molecule has 0 aliphatic carbocycles. The molecule has 3 heterocycles. The van der Waals surface area contributed by atoms with E-state index in [1.807, 2.05) is 0 Å². The first kappa shape index (κ1) is 27.9. The van der Waals surface area contributed by atoms with Gasteiger partial charge in [-0.05, 0) is 44.1 Å². The number of non-ortho nitro benzene ring substituents is 1. The van der Waals surface area contributed by atoms with Crippen molar-refractivity contribution in [2.24, 2.45) is 5.92 Å². The number of anilines is 1. The van der Waals surface area contributed by atoms with Gasteiger partial charge in [0, 0.05) is 44.2 Å². The molecular weight excluding hydrogens is 558 g/mol. The van der Waals surface area contributed by atoms with Crippen molar-refractivity contribution in [1.82, 2.24) is 14.2 Å². The van der Waals surface area contributed by atoms with Crippen LogP contribution in [0.25, 0.3) is 10.2 Å². The van der Waals surface area contributed by atoms with Gasteiger partial charge in [0.25, 0.3) is 15.7 Å². The molecule has 2 aromatic heterocycles. The Morgan fingerprint density at radius 1 is 1.16 bits per heavy atom. The molecule has 0 spiro atoms. The molecule has 0 unspecified atom stereocenters. The minimum atomic E-state index is -3.65. The number of benzene rings is 1. The molecule has 10 nitrogen and oxygen atoms in total. The van der Waals surface area contributed by atoms with Gasteiger partial charge >= 0.3 is 0 Å². The summed E-state index contributed by atoms with van der Waals surface area (Å²) in [7, 11) is -3.65. The maximum atomic E-state index is 13.8. The van der Waals surface area contributed by atoms with Crippen molar-refractivity contribution in [2.45, 2.75) is 30.9 Å². The molecule has 0 saturated carbocycles. The van der Waals surface area contributed by atoms with Crippen LogP contribution in [0.1, 0.15) is 26.7 Å². The van der Waals surface area contributed by atoms with E-state index in [2.05, 4.69) is 23.7 Å². The second kappa shape index (κ2) is 11.7. The van der Waals surface area contributed by atoms with Crippen LogP contribution in [-0.4, -0.2) is 72.7 Å². The summed E-state index contributed by atoms with van der Waals surface area (Å²) in [5.74, 6) is -0.451.